The van der Waals surface area contributed by atoms with E-state index in [9.17, 15) is 13.2 Å². The molecule has 0 aromatic heterocycles. The first-order valence-corrected chi connectivity index (χ1v) is 8.64. The molecule has 0 radical (unpaired) electrons. The molecule has 1 aliphatic rings. The van der Waals surface area contributed by atoms with Gasteiger partial charge in [0.2, 0.25) is 10.0 Å². The number of carbonyl (C=O) groups is 1. The molecule has 6 heteroatoms. The molecule has 1 saturated carbocycles. The first-order chi connectivity index (χ1) is 10.0. The fourth-order valence-corrected chi connectivity index (χ4v) is 4.25. The second-order valence-corrected chi connectivity index (χ2v) is 7.52. The minimum Gasteiger partial charge on any atom is -0.460 e. The van der Waals surface area contributed by atoms with E-state index in [1.807, 2.05) is 30.3 Å². The van der Waals surface area contributed by atoms with Crippen molar-refractivity contribution in [3.63, 3.8) is 0 Å². The van der Waals surface area contributed by atoms with Crippen LogP contribution in [0, 0.1) is 0 Å². The van der Waals surface area contributed by atoms with E-state index in [0.717, 1.165) is 24.8 Å². The maximum Gasteiger partial charge on any atom is 0.329 e. The average Bonchev–Trinajstić information content (AvgIpc) is 2.54. The highest BCUT2D eigenvalue weighted by Crippen LogP contribution is 2.36. The lowest BCUT2D eigenvalue weighted by Gasteiger charge is -2.33. The third kappa shape index (κ3) is 3.27. The first-order valence-electron chi connectivity index (χ1n) is 7.16. The fraction of sp³-hybridized carbons (Fsp3) is 0.533. The summed E-state index contributed by atoms with van der Waals surface area (Å²) in [5.74, 6) is -0.639. The lowest BCUT2D eigenvalue weighted by molar-refractivity contribution is -0.149. The van der Waals surface area contributed by atoms with Gasteiger partial charge in [-0.25, -0.2) is 13.1 Å². The number of rotatable bonds is 5. The summed E-state index contributed by atoms with van der Waals surface area (Å²) in [5.41, 5.74) is 0.846. The molecule has 1 fully saturated rings. The summed E-state index contributed by atoms with van der Waals surface area (Å²) < 4.78 is 30.8. The molecular weight excluding hydrogens is 290 g/mol. The van der Waals surface area contributed by atoms with Gasteiger partial charge >= 0.3 is 5.97 Å². The van der Waals surface area contributed by atoms with Crippen molar-refractivity contribution in [2.24, 2.45) is 0 Å². The number of nitrogens with one attached hydrogen (secondary N) is 1. The third-order valence-electron chi connectivity index (χ3n) is 4.03. The number of ether oxygens (including phenoxy) is 1. The molecule has 2 rings (SSSR count). The second-order valence-electron chi connectivity index (χ2n) is 5.32. The zero-order chi connectivity index (χ0) is 15.3. The van der Waals surface area contributed by atoms with Crippen molar-refractivity contribution in [1.82, 2.24) is 4.72 Å². The predicted octanol–water partition coefficient (Wildman–Crippen LogP) is 1.98. The monoisotopic (exact) mass is 311 g/mol. The van der Waals surface area contributed by atoms with Gasteiger partial charge in [-0.3, -0.25) is 4.79 Å². The Morgan fingerprint density at radius 1 is 1.19 bits per heavy atom. The second kappa shape index (κ2) is 6.58. The molecular formula is C15H21NO4S. The number of hydrogen-bond donors (Lipinski definition) is 1. The highest BCUT2D eigenvalue weighted by molar-refractivity contribution is 7.91. The van der Waals surface area contributed by atoms with E-state index >= 15 is 0 Å². The molecule has 0 aliphatic heterocycles. The SMILES string of the molecule is CNS(=O)(=O)C1(C(=O)OCc2ccccc2)CCCCC1. The summed E-state index contributed by atoms with van der Waals surface area (Å²) in [6.45, 7) is 0.0979. The van der Waals surface area contributed by atoms with Crippen LogP contribution in [0.25, 0.3) is 0 Å². The van der Waals surface area contributed by atoms with Gasteiger partial charge in [-0.1, -0.05) is 49.6 Å². The Hall–Kier alpha value is -1.40. The molecule has 0 saturated heterocycles. The molecule has 1 N–H and O–H groups in total. The minimum atomic E-state index is -3.71. The van der Waals surface area contributed by atoms with Crippen LogP contribution in [0.2, 0.25) is 0 Å². The summed E-state index contributed by atoms with van der Waals surface area (Å²) in [5, 5.41) is 0. The Balaban J connectivity index is 2.16. The molecule has 0 atom stereocenters. The van der Waals surface area contributed by atoms with Crippen LogP contribution < -0.4 is 4.72 Å². The molecule has 5 nitrogen and oxygen atoms in total. The Bertz CT molecular complexity index is 577. The van der Waals surface area contributed by atoms with E-state index in [1.54, 1.807) is 0 Å². The van der Waals surface area contributed by atoms with Gasteiger partial charge in [-0.15, -0.1) is 0 Å². The zero-order valence-corrected chi connectivity index (χ0v) is 13.0. The molecule has 0 amide bonds. The van der Waals surface area contributed by atoms with E-state index in [0.29, 0.717) is 12.8 Å². The number of benzene rings is 1. The lowest BCUT2D eigenvalue weighted by Crippen LogP contribution is -2.53. The van der Waals surface area contributed by atoms with E-state index in [-0.39, 0.29) is 6.61 Å². The van der Waals surface area contributed by atoms with Crippen molar-refractivity contribution >= 4 is 16.0 Å². The van der Waals surface area contributed by atoms with Crippen LogP contribution in [-0.4, -0.2) is 26.2 Å². The fourth-order valence-electron chi connectivity index (χ4n) is 2.76. The van der Waals surface area contributed by atoms with Gasteiger partial charge < -0.3 is 4.74 Å². The average molecular weight is 311 g/mol. The molecule has 21 heavy (non-hydrogen) atoms. The standard InChI is InChI=1S/C15H21NO4S/c1-16-21(18,19)15(10-6-3-7-11-15)14(17)20-12-13-8-4-2-5-9-13/h2,4-5,8-9,16H,3,6-7,10-12H2,1H3. The van der Waals surface area contributed by atoms with Crippen LogP contribution in [0.5, 0.6) is 0 Å². The Morgan fingerprint density at radius 2 is 1.81 bits per heavy atom. The van der Waals surface area contributed by atoms with Crippen LogP contribution in [0.15, 0.2) is 30.3 Å². The van der Waals surface area contributed by atoms with Crippen molar-refractivity contribution in [1.29, 1.82) is 0 Å². The van der Waals surface area contributed by atoms with Crippen LogP contribution in [0.1, 0.15) is 37.7 Å². The smallest absolute Gasteiger partial charge is 0.329 e. The molecule has 0 spiro atoms. The van der Waals surface area contributed by atoms with Crippen molar-refractivity contribution in [2.45, 2.75) is 43.5 Å². The van der Waals surface area contributed by atoms with Crippen LogP contribution in [0.3, 0.4) is 0 Å². The summed E-state index contributed by atoms with van der Waals surface area (Å²) in [7, 11) is -2.37. The quantitative estimate of drug-likeness (QED) is 0.844. The number of esters is 1. The number of carbonyl (C=O) groups excluding carboxylic acids is 1. The van der Waals surface area contributed by atoms with Gasteiger partial charge in [0.05, 0.1) is 0 Å². The van der Waals surface area contributed by atoms with E-state index in [2.05, 4.69) is 4.72 Å². The molecule has 0 unspecified atom stereocenters. The van der Waals surface area contributed by atoms with E-state index < -0.39 is 20.7 Å². The predicted molar refractivity (Wildman–Crippen MR) is 80.0 cm³/mol. The van der Waals surface area contributed by atoms with Crippen molar-refractivity contribution in [3.05, 3.63) is 35.9 Å². The molecule has 0 heterocycles. The Kier molecular flexibility index (Phi) is 5.00. The summed E-state index contributed by atoms with van der Waals surface area (Å²) >= 11 is 0. The topological polar surface area (TPSA) is 72.5 Å². The Labute approximate surface area is 125 Å². The lowest BCUT2D eigenvalue weighted by atomic mass is 9.88. The third-order valence-corrected chi connectivity index (χ3v) is 6.17. The summed E-state index contributed by atoms with van der Waals surface area (Å²) in [6, 6.07) is 9.26. The summed E-state index contributed by atoms with van der Waals surface area (Å²) in [6.07, 6.45) is 3.04. The van der Waals surface area contributed by atoms with E-state index in [1.165, 1.54) is 7.05 Å². The van der Waals surface area contributed by atoms with Crippen molar-refractivity contribution in [2.75, 3.05) is 7.05 Å². The van der Waals surface area contributed by atoms with Crippen molar-refractivity contribution < 1.29 is 17.9 Å². The molecule has 1 aromatic carbocycles. The van der Waals surface area contributed by atoms with Gasteiger partial charge in [0.15, 0.2) is 4.75 Å². The van der Waals surface area contributed by atoms with Gasteiger partial charge in [-0.05, 0) is 25.5 Å². The Morgan fingerprint density at radius 3 is 2.38 bits per heavy atom. The largest absolute Gasteiger partial charge is 0.460 e. The number of hydrogen-bond acceptors (Lipinski definition) is 4. The molecule has 0 bridgehead atoms. The normalized spacial score (nSPS) is 18.1. The van der Waals surface area contributed by atoms with Crippen molar-refractivity contribution in [3.8, 4) is 0 Å². The van der Waals surface area contributed by atoms with E-state index in [4.69, 9.17) is 4.74 Å². The zero-order valence-electron chi connectivity index (χ0n) is 12.2. The molecule has 116 valence electrons. The molecule has 1 aromatic rings. The minimum absolute atomic E-state index is 0.0979. The first kappa shape index (κ1) is 16.0. The number of sulfonamides is 1. The van der Waals surface area contributed by atoms with Gasteiger partial charge in [0.1, 0.15) is 6.61 Å². The highest BCUT2D eigenvalue weighted by atomic mass is 32.2. The maximum absolute atomic E-state index is 12.5. The maximum atomic E-state index is 12.5. The van der Waals surface area contributed by atoms with Gasteiger partial charge in [0.25, 0.3) is 0 Å². The summed E-state index contributed by atoms with van der Waals surface area (Å²) in [4.78, 5) is 12.5. The highest BCUT2D eigenvalue weighted by Gasteiger charge is 2.51. The van der Waals surface area contributed by atoms with Gasteiger partial charge in [-0.2, -0.15) is 0 Å². The van der Waals surface area contributed by atoms with Crippen LogP contribution in [0.4, 0.5) is 0 Å². The van der Waals surface area contributed by atoms with Crippen LogP contribution >= 0.6 is 0 Å². The van der Waals surface area contributed by atoms with Crippen LogP contribution in [-0.2, 0) is 26.2 Å². The van der Waals surface area contributed by atoms with Gasteiger partial charge in [0, 0.05) is 0 Å². The molecule has 1 aliphatic carbocycles.